The van der Waals surface area contributed by atoms with E-state index in [2.05, 4.69) is 14.9 Å². The Bertz CT molecular complexity index is 1040. The highest BCUT2D eigenvalue weighted by Crippen LogP contribution is 2.39. The van der Waals surface area contributed by atoms with Gasteiger partial charge in [-0.25, -0.2) is 9.97 Å². The van der Waals surface area contributed by atoms with E-state index >= 15 is 0 Å². The fraction of sp³-hybridized carbons (Fsp3) is 0.292. The maximum atomic E-state index is 11.8. The normalized spacial score (nSPS) is 15.6. The fourth-order valence-electron chi connectivity index (χ4n) is 4.23. The van der Waals surface area contributed by atoms with Crippen LogP contribution in [0.5, 0.6) is 0 Å². The number of rotatable bonds is 6. The number of halogens is 1. The zero-order valence-electron chi connectivity index (χ0n) is 17.1. The minimum Gasteiger partial charge on any atom is -0.388 e. The third kappa shape index (κ3) is 4.70. The van der Waals surface area contributed by atoms with E-state index in [9.17, 15) is 9.90 Å². The molecule has 6 nitrogen and oxygen atoms in total. The van der Waals surface area contributed by atoms with Crippen LogP contribution in [-0.2, 0) is 11.2 Å². The van der Waals surface area contributed by atoms with E-state index in [1.54, 1.807) is 18.5 Å². The first-order valence-corrected chi connectivity index (χ1v) is 10.8. The van der Waals surface area contributed by atoms with Gasteiger partial charge in [0.25, 0.3) is 0 Å². The molecule has 0 bridgehead atoms. The van der Waals surface area contributed by atoms with Crippen LogP contribution in [0.3, 0.4) is 0 Å². The van der Waals surface area contributed by atoms with E-state index in [0.29, 0.717) is 22.1 Å². The molecule has 1 amide bonds. The molecule has 3 N–H and O–H groups in total. The lowest BCUT2D eigenvalue weighted by Gasteiger charge is -2.35. The first-order valence-electron chi connectivity index (χ1n) is 10.4. The molecule has 1 unspecified atom stereocenters. The second-order valence-electron chi connectivity index (χ2n) is 7.82. The minimum absolute atomic E-state index is 0.0113. The minimum atomic E-state index is -0.726. The molecule has 3 aromatic rings. The molecule has 1 aliphatic heterocycles. The summed E-state index contributed by atoms with van der Waals surface area (Å²) >= 11 is 6.74. The molecule has 7 heteroatoms. The number of nitrogens with zero attached hydrogens (tertiary/aromatic N) is 3. The van der Waals surface area contributed by atoms with E-state index in [0.717, 1.165) is 37.1 Å². The number of aliphatic hydroxyl groups excluding tert-OH is 1. The predicted octanol–water partition coefficient (Wildman–Crippen LogP) is 3.77. The number of hydrogen-bond donors (Lipinski definition) is 2. The molecule has 31 heavy (non-hydrogen) atoms. The van der Waals surface area contributed by atoms with Crippen molar-refractivity contribution in [2.75, 3.05) is 18.0 Å². The maximum absolute atomic E-state index is 11.8. The molecule has 0 saturated carbocycles. The lowest BCUT2D eigenvalue weighted by molar-refractivity contribution is -0.117. The standard InChI is InChI=1S/C24H25ClN4O2/c25-22-18(16-5-2-1-3-6-16)7-8-19(20(22)15-21(26)30)23(31)17-9-13-29(14-10-17)24-27-11-4-12-28-24/h1-8,11-12,17,23,31H,9-10,13-15H2,(H2,26,30). The Kier molecular flexibility index (Phi) is 6.49. The van der Waals surface area contributed by atoms with Crippen LogP contribution in [0.4, 0.5) is 5.95 Å². The number of carbonyl (C=O) groups is 1. The van der Waals surface area contributed by atoms with Crippen LogP contribution in [0.2, 0.25) is 5.02 Å². The number of piperidine rings is 1. The van der Waals surface area contributed by atoms with Crippen molar-refractivity contribution in [1.82, 2.24) is 9.97 Å². The molecule has 1 aromatic heterocycles. The first-order chi connectivity index (χ1) is 15.0. The lowest BCUT2D eigenvalue weighted by atomic mass is 9.84. The van der Waals surface area contributed by atoms with Gasteiger partial charge in [0.2, 0.25) is 11.9 Å². The Labute approximate surface area is 186 Å². The van der Waals surface area contributed by atoms with Crippen molar-refractivity contribution in [2.45, 2.75) is 25.4 Å². The second-order valence-corrected chi connectivity index (χ2v) is 8.20. The highest BCUT2D eigenvalue weighted by Gasteiger charge is 2.30. The van der Waals surface area contributed by atoms with Crippen LogP contribution < -0.4 is 10.6 Å². The largest absolute Gasteiger partial charge is 0.388 e. The van der Waals surface area contributed by atoms with Gasteiger partial charge in [-0.15, -0.1) is 0 Å². The second kappa shape index (κ2) is 9.45. The van der Waals surface area contributed by atoms with E-state index in [-0.39, 0.29) is 12.3 Å². The molecule has 2 heterocycles. The maximum Gasteiger partial charge on any atom is 0.225 e. The number of aliphatic hydroxyl groups is 1. The summed E-state index contributed by atoms with van der Waals surface area (Å²) in [5.41, 5.74) is 8.58. The summed E-state index contributed by atoms with van der Waals surface area (Å²) in [7, 11) is 0. The summed E-state index contributed by atoms with van der Waals surface area (Å²) in [5.74, 6) is 0.280. The SMILES string of the molecule is NC(=O)Cc1c(C(O)C2CCN(c3ncccn3)CC2)ccc(-c2ccccc2)c1Cl. The van der Waals surface area contributed by atoms with Crippen LogP contribution in [0.1, 0.15) is 30.1 Å². The van der Waals surface area contributed by atoms with E-state index in [4.69, 9.17) is 17.3 Å². The Hall–Kier alpha value is -2.96. The van der Waals surface area contributed by atoms with Gasteiger partial charge in [-0.1, -0.05) is 54.1 Å². The summed E-state index contributed by atoms with van der Waals surface area (Å²) in [6, 6.07) is 15.3. The third-order valence-corrected chi connectivity index (χ3v) is 6.29. The van der Waals surface area contributed by atoms with Crippen molar-refractivity contribution in [3.05, 3.63) is 77.1 Å². The summed E-state index contributed by atoms with van der Waals surface area (Å²) in [4.78, 5) is 22.5. The number of hydrogen-bond acceptors (Lipinski definition) is 5. The Morgan fingerprint density at radius 2 is 1.77 bits per heavy atom. The number of aromatic nitrogens is 2. The molecule has 4 rings (SSSR count). The van der Waals surface area contributed by atoms with E-state index < -0.39 is 12.0 Å². The monoisotopic (exact) mass is 436 g/mol. The van der Waals surface area contributed by atoms with Gasteiger partial charge in [-0.3, -0.25) is 4.79 Å². The number of nitrogens with two attached hydrogens (primary N) is 1. The van der Waals surface area contributed by atoms with Gasteiger partial charge in [0.1, 0.15) is 0 Å². The first kappa shape index (κ1) is 21.3. The smallest absolute Gasteiger partial charge is 0.225 e. The quantitative estimate of drug-likeness (QED) is 0.613. The Morgan fingerprint density at radius 3 is 2.42 bits per heavy atom. The van der Waals surface area contributed by atoms with Gasteiger partial charge < -0.3 is 15.7 Å². The highest BCUT2D eigenvalue weighted by atomic mass is 35.5. The molecule has 1 saturated heterocycles. The number of benzene rings is 2. The van der Waals surface area contributed by atoms with Gasteiger partial charge in [-0.2, -0.15) is 0 Å². The molecular weight excluding hydrogens is 412 g/mol. The Balaban J connectivity index is 1.58. The summed E-state index contributed by atoms with van der Waals surface area (Å²) < 4.78 is 0. The predicted molar refractivity (Wildman–Crippen MR) is 122 cm³/mol. The average molecular weight is 437 g/mol. The molecule has 1 aliphatic rings. The topological polar surface area (TPSA) is 92.3 Å². The number of primary amides is 1. The van der Waals surface area contributed by atoms with Crippen molar-refractivity contribution in [3.8, 4) is 11.1 Å². The van der Waals surface area contributed by atoms with Crippen molar-refractivity contribution in [3.63, 3.8) is 0 Å². The molecule has 160 valence electrons. The van der Waals surface area contributed by atoms with Crippen molar-refractivity contribution >= 4 is 23.5 Å². The number of anilines is 1. The number of amides is 1. The zero-order chi connectivity index (χ0) is 21.8. The van der Waals surface area contributed by atoms with Crippen LogP contribution in [-0.4, -0.2) is 34.1 Å². The Morgan fingerprint density at radius 1 is 1.10 bits per heavy atom. The lowest BCUT2D eigenvalue weighted by Crippen LogP contribution is -2.36. The highest BCUT2D eigenvalue weighted by molar-refractivity contribution is 6.34. The van der Waals surface area contributed by atoms with Crippen molar-refractivity contribution < 1.29 is 9.90 Å². The van der Waals surface area contributed by atoms with Crippen molar-refractivity contribution in [1.29, 1.82) is 0 Å². The molecule has 0 radical (unpaired) electrons. The van der Waals surface area contributed by atoms with Gasteiger partial charge in [0.15, 0.2) is 0 Å². The summed E-state index contributed by atoms with van der Waals surface area (Å²) in [5, 5.41) is 11.7. The molecule has 0 spiro atoms. The van der Waals surface area contributed by atoms with Gasteiger partial charge in [-0.05, 0) is 41.5 Å². The molecule has 0 aliphatic carbocycles. The molecule has 2 aromatic carbocycles. The summed E-state index contributed by atoms with van der Waals surface area (Å²) in [6.07, 6.45) is 4.30. The number of carbonyl (C=O) groups excluding carboxylic acids is 1. The van der Waals surface area contributed by atoms with Crippen LogP contribution in [0.15, 0.2) is 60.9 Å². The third-order valence-electron chi connectivity index (χ3n) is 5.86. The van der Waals surface area contributed by atoms with E-state index in [1.165, 1.54) is 0 Å². The van der Waals surface area contributed by atoms with Crippen LogP contribution in [0, 0.1) is 5.92 Å². The average Bonchev–Trinajstić information content (AvgIpc) is 2.81. The zero-order valence-corrected chi connectivity index (χ0v) is 17.9. The molecule has 1 atom stereocenters. The van der Waals surface area contributed by atoms with Gasteiger partial charge in [0, 0.05) is 31.0 Å². The van der Waals surface area contributed by atoms with Crippen LogP contribution in [0.25, 0.3) is 11.1 Å². The molecule has 1 fully saturated rings. The van der Waals surface area contributed by atoms with E-state index in [1.807, 2.05) is 42.5 Å². The summed E-state index contributed by atoms with van der Waals surface area (Å²) in [6.45, 7) is 1.51. The van der Waals surface area contributed by atoms with Crippen molar-refractivity contribution in [2.24, 2.45) is 11.7 Å². The van der Waals surface area contributed by atoms with Gasteiger partial charge in [0.05, 0.1) is 17.5 Å². The molecular formula is C24H25ClN4O2. The van der Waals surface area contributed by atoms with Gasteiger partial charge >= 0.3 is 0 Å². The van der Waals surface area contributed by atoms with Crippen LogP contribution >= 0.6 is 11.6 Å². The fourth-order valence-corrected chi connectivity index (χ4v) is 4.58.